The van der Waals surface area contributed by atoms with Gasteiger partial charge < -0.3 is 0 Å². The molecule has 0 N–H and O–H groups in total. The van der Waals surface area contributed by atoms with Crippen molar-refractivity contribution in [3.05, 3.63) is 59.7 Å². The molecule has 0 spiro atoms. The summed E-state index contributed by atoms with van der Waals surface area (Å²) in [5.74, 6) is 0.852. The number of aryl methyl sites for hydroxylation is 1. The van der Waals surface area contributed by atoms with E-state index in [-0.39, 0.29) is 0 Å². The Hall–Kier alpha value is -1.56. The van der Waals surface area contributed by atoms with Gasteiger partial charge in [-0.25, -0.2) is 0 Å². The minimum Gasteiger partial charge on any atom is -0.0622 e. The van der Waals surface area contributed by atoms with Crippen LogP contribution >= 0.6 is 0 Å². The first-order valence-electron chi connectivity index (χ1n) is 6.00. The molecule has 0 aliphatic heterocycles. The molecule has 2 aromatic carbocycles. The molecule has 0 radical (unpaired) electrons. The van der Waals surface area contributed by atoms with Crippen molar-refractivity contribution in [3.63, 3.8) is 0 Å². The second-order valence-corrected chi connectivity index (χ2v) is 4.71. The minimum atomic E-state index is 0.852. The van der Waals surface area contributed by atoms with Crippen LogP contribution in [-0.4, -0.2) is 0 Å². The molecule has 16 heavy (non-hydrogen) atoms. The van der Waals surface area contributed by atoms with Gasteiger partial charge in [-0.05, 0) is 47.9 Å². The molecule has 1 aliphatic rings. The number of hydrogen-bond donors (Lipinski definition) is 0. The van der Waals surface area contributed by atoms with E-state index in [1.54, 1.807) is 5.56 Å². The second kappa shape index (κ2) is 3.79. The Morgan fingerprint density at radius 1 is 0.875 bits per heavy atom. The second-order valence-electron chi connectivity index (χ2n) is 4.71. The predicted octanol–water partition coefficient (Wildman–Crippen LogP) is 4.54. The minimum absolute atomic E-state index is 0.852. The summed E-state index contributed by atoms with van der Waals surface area (Å²) in [7, 11) is 0. The summed E-state index contributed by atoms with van der Waals surface area (Å²) >= 11 is 0. The quantitative estimate of drug-likeness (QED) is 0.679. The normalized spacial score (nSPS) is 15.1. The molecule has 3 rings (SSSR count). The van der Waals surface area contributed by atoms with Gasteiger partial charge in [0.25, 0.3) is 0 Å². The van der Waals surface area contributed by atoms with E-state index in [9.17, 15) is 0 Å². The summed E-state index contributed by atoms with van der Waals surface area (Å²) in [5, 5.41) is 0. The zero-order chi connectivity index (χ0) is 11.0. The van der Waals surface area contributed by atoms with Gasteiger partial charge in [0.15, 0.2) is 0 Å². The van der Waals surface area contributed by atoms with Crippen molar-refractivity contribution in [2.45, 2.75) is 25.7 Å². The molecule has 1 aliphatic carbocycles. The number of hydrogen-bond acceptors (Lipinski definition) is 0. The lowest BCUT2D eigenvalue weighted by molar-refractivity contribution is 1.10. The van der Waals surface area contributed by atoms with E-state index in [1.165, 1.54) is 29.5 Å². The van der Waals surface area contributed by atoms with Gasteiger partial charge in [0.05, 0.1) is 0 Å². The Bertz CT molecular complexity index is 493. The maximum atomic E-state index is 2.32. The molecule has 0 aromatic heterocycles. The van der Waals surface area contributed by atoms with Gasteiger partial charge in [-0.2, -0.15) is 0 Å². The van der Waals surface area contributed by atoms with Crippen molar-refractivity contribution in [1.29, 1.82) is 0 Å². The van der Waals surface area contributed by atoms with E-state index in [4.69, 9.17) is 0 Å². The Labute approximate surface area is 96.9 Å². The third kappa shape index (κ3) is 1.76. The van der Waals surface area contributed by atoms with E-state index in [0.29, 0.717) is 0 Å². The number of benzene rings is 2. The average Bonchev–Trinajstić information content (AvgIpc) is 3.14. The smallest absolute Gasteiger partial charge is 0.0159 e. The van der Waals surface area contributed by atoms with Gasteiger partial charge in [0.1, 0.15) is 0 Å². The molecule has 80 valence electrons. The fourth-order valence-corrected chi connectivity index (χ4v) is 2.34. The van der Waals surface area contributed by atoms with Crippen LogP contribution in [0.2, 0.25) is 0 Å². The van der Waals surface area contributed by atoms with Gasteiger partial charge in [0, 0.05) is 0 Å². The topological polar surface area (TPSA) is 0 Å². The van der Waals surface area contributed by atoms with Crippen molar-refractivity contribution in [2.24, 2.45) is 0 Å². The Morgan fingerprint density at radius 2 is 1.62 bits per heavy atom. The van der Waals surface area contributed by atoms with Crippen LogP contribution in [0, 0.1) is 6.92 Å². The molecule has 0 unspecified atom stereocenters. The lowest BCUT2D eigenvalue weighted by Gasteiger charge is -2.07. The summed E-state index contributed by atoms with van der Waals surface area (Å²) in [6, 6.07) is 17.5. The predicted molar refractivity (Wildman–Crippen MR) is 68.6 cm³/mol. The van der Waals surface area contributed by atoms with Gasteiger partial charge in [-0.3, -0.25) is 0 Å². The molecule has 0 heteroatoms. The monoisotopic (exact) mass is 208 g/mol. The molecule has 0 saturated heterocycles. The highest BCUT2D eigenvalue weighted by Crippen LogP contribution is 2.42. The van der Waals surface area contributed by atoms with Crippen LogP contribution in [0.5, 0.6) is 0 Å². The van der Waals surface area contributed by atoms with Gasteiger partial charge in [-0.15, -0.1) is 0 Å². The molecule has 0 atom stereocenters. The first-order valence-corrected chi connectivity index (χ1v) is 6.00. The number of rotatable bonds is 2. The van der Waals surface area contributed by atoms with E-state index in [1.807, 2.05) is 0 Å². The largest absolute Gasteiger partial charge is 0.0622 e. The van der Waals surface area contributed by atoms with Crippen molar-refractivity contribution in [3.8, 4) is 11.1 Å². The molecule has 0 heterocycles. The fraction of sp³-hybridized carbons (Fsp3) is 0.250. The zero-order valence-corrected chi connectivity index (χ0v) is 9.61. The highest BCUT2D eigenvalue weighted by atomic mass is 14.3. The van der Waals surface area contributed by atoms with Crippen LogP contribution in [0.3, 0.4) is 0 Å². The van der Waals surface area contributed by atoms with Gasteiger partial charge in [0.2, 0.25) is 0 Å². The summed E-state index contributed by atoms with van der Waals surface area (Å²) in [4.78, 5) is 0. The summed E-state index contributed by atoms with van der Waals surface area (Å²) < 4.78 is 0. The molecule has 2 aromatic rings. The fourth-order valence-electron chi connectivity index (χ4n) is 2.34. The molecular weight excluding hydrogens is 192 g/mol. The van der Waals surface area contributed by atoms with Crippen LogP contribution in [-0.2, 0) is 0 Å². The molecule has 0 nitrogen and oxygen atoms in total. The van der Waals surface area contributed by atoms with Crippen LogP contribution < -0.4 is 0 Å². The lowest BCUT2D eigenvalue weighted by Crippen LogP contribution is -1.87. The van der Waals surface area contributed by atoms with Crippen LogP contribution in [0.1, 0.15) is 29.9 Å². The van der Waals surface area contributed by atoms with E-state index in [0.717, 1.165) is 5.92 Å². The molecule has 1 fully saturated rings. The van der Waals surface area contributed by atoms with Crippen LogP contribution in [0.25, 0.3) is 11.1 Å². The molecule has 1 saturated carbocycles. The Kier molecular flexibility index (Phi) is 2.28. The lowest BCUT2D eigenvalue weighted by atomic mass is 9.98. The third-order valence-electron chi connectivity index (χ3n) is 3.39. The zero-order valence-electron chi connectivity index (χ0n) is 9.61. The van der Waals surface area contributed by atoms with Crippen LogP contribution in [0.4, 0.5) is 0 Å². The molecular formula is C16H16. The summed E-state index contributed by atoms with van der Waals surface area (Å²) in [5.41, 5.74) is 5.65. The van der Waals surface area contributed by atoms with Gasteiger partial charge in [-0.1, -0.05) is 48.5 Å². The van der Waals surface area contributed by atoms with E-state index in [2.05, 4.69) is 55.5 Å². The maximum absolute atomic E-state index is 2.32. The maximum Gasteiger partial charge on any atom is -0.0159 e. The van der Waals surface area contributed by atoms with Crippen molar-refractivity contribution < 1.29 is 0 Å². The van der Waals surface area contributed by atoms with Crippen LogP contribution in [0.15, 0.2) is 48.5 Å². The highest BCUT2D eigenvalue weighted by Gasteiger charge is 2.24. The van der Waals surface area contributed by atoms with Gasteiger partial charge >= 0.3 is 0 Å². The summed E-state index contributed by atoms with van der Waals surface area (Å²) in [6.07, 6.45) is 2.76. The molecule has 0 bridgehead atoms. The van der Waals surface area contributed by atoms with Crippen molar-refractivity contribution in [2.75, 3.05) is 0 Å². The van der Waals surface area contributed by atoms with E-state index < -0.39 is 0 Å². The average molecular weight is 208 g/mol. The van der Waals surface area contributed by atoms with Crippen molar-refractivity contribution in [1.82, 2.24) is 0 Å². The Morgan fingerprint density at radius 3 is 2.25 bits per heavy atom. The standard InChI is InChI=1S/C16H16/c1-12-11-15(13-5-3-2-4-6-13)9-10-16(12)14-7-8-14/h2-6,9-11,14H,7-8H2,1H3. The summed E-state index contributed by atoms with van der Waals surface area (Å²) in [6.45, 7) is 2.24. The highest BCUT2D eigenvalue weighted by molar-refractivity contribution is 5.65. The van der Waals surface area contributed by atoms with Crippen molar-refractivity contribution >= 4 is 0 Å². The molecule has 0 amide bonds. The SMILES string of the molecule is Cc1cc(-c2ccccc2)ccc1C1CC1. The first kappa shape index (κ1) is 9.65. The first-order chi connectivity index (χ1) is 7.84. The van der Waals surface area contributed by atoms with E-state index >= 15 is 0 Å². The third-order valence-corrected chi connectivity index (χ3v) is 3.39. The Balaban J connectivity index is 2.00.